The number of methoxy groups -OCH3 is 3. The molecule has 0 radical (unpaired) electrons. The van der Waals surface area contributed by atoms with Crippen molar-refractivity contribution in [3.05, 3.63) is 83.9 Å². The van der Waals surface area contributed by atoms with Crippen molar-refractivity contribution in [2.45, 2.75) is 15.9 Å². The maximum Gasteiger partial charge on any atom is 0.203 e. The Kier molecular flexibility index (Phi) is 8.20. The fourth-order valence-electron chi connectivity index (χ4n) is 2.99. The highest BCUT2D eigenvalue weighted by Gasteiger charge is 2.20. The van der Waals surface area contributed by atoms with Crippen molar-refractivity contribution in [2.75, 3.05) is 27.1 Å². The zero-order valence-corrected chi connectivity index (χ0v) is 18.6. The van der Waals surface area contributed by atoms with E-state index in [-0.39, 0.29) is 4.58 Å². The number of ether oxygens (including phenoxy) is 3. The van der Waals surface area contributed by atoms with Crippen LogP contribution in [0.1, 0.15) is 15.7 Å². The fraction of sp³-hybridized carbons (Fsp3) is 0.250. The molecular formula is C24H26O3S2. The lowest BCUT2D eigenvalue weighted by Gasteiger charge is -2.20. The van der Waals surface area contributed by atoms with Crippen molar-refractivity contribution >= 4 is 23.5 Å². The van der Waals surface area contributed by atoms with Crippen LogP contribution in [0.15, 0.2) is 77.7 Å². The van der Waals surface area contributed by atoms with Crippen molar-refractivity contribution in [3.63, 3.8) is 0 Å². The van der Waals surface area contributed by atoms with Crippen LogP contribution in [0.5, 0.6) is 17.2 Å². The summed E-state index contributed by atoms with van der Waals surface area (Å²) in [5, 5.41) is 0. The molecule has 0 saturated carbocycles. The Balaban J connectivity index is 1.85. The predicted octanol–water partition coefficient (Wildman–Crippen LogP) is 6.48. The van der Waals surface area contributed by atoms with E-state index in [4.69, 9.17) is 14.2 Å². The summed E-state index contributed by atoms with van der Waals surface area (Å²) in [5.74, 6) is 3.01. The lowest BCUT2D eigenvalue weighted by atomic mass is 10.2. The largest absolute Gasteiger partial charge is 0.493 e. The molecule has 0 N–H and O–H groups in total. The molecule has 3 nitrogen and oxygen atoms in total. The predicted molar refractivity (Wildman–Crippen MR) is 124 cm³/mol. The van der Waals surface area contributed by atoms with Gasteiger partial charge in [0.15, 0.2) is 11.5 Å². The van der Waals surface area contributed by atoms with E-state index in [9.17, 15) is 0 Å². The number of hydrogen-bond donors (Lipinski definition) is 0. The van der Waals surface area contributed by atoms with Crippen LogP contribution in [0.25, 0.3) is 0 Å². The minimum absolute atomic E-state index is 0.204. The second kappa shape index (κ2) is 11.1. The lowest BCUT2D eigenvalue weighted by Crippen LogP contribution is -1.99. The summed E-state index contributed by atoms with van der Waals surface area (Å²) in [6, 6.07) is 25.2. The molecule has 3 aromatic rings. The Morgan fingerprint density at radius 2 is 1.34 bits per heavy atom. The molecule has 0 fully saturated rings. The highest BCUT2D eigenvalue weighted by molar-refractivity contribution is 8.16. The van der Waals surface area contributed by atoms with Crippen molar-refractivity contribution < 1.29 is 14.2 Å². The molecule has 0 bridgehead atoms. The maximum atomic E-state index is 5.57. The van der Waals surface area contributed by atoms with Gasteiger partial charge in [-0.2, -0.15) is 0 Å². The van der Waals surface area contributed by atoms with Gasteiger partial charge in [0, 0.05) is 4.90 Å². The van der Waals surface area contributed by atoms with E-state index < -0.39 is 0 Å². The Morgan fingerprint density at radius 1 is 0.759 bits per heavy atom. The summed E-state index contributed by atoms with van der Waals surface area (Å²) in [5.41, 5.74) is 2.50. The first-order valence-corrected chi connectivity index (χ1v) is 11.3. The van der Waals surface area contributed by atoms with Gasteiger partial charge < -0.3 is 14.2 Å². The molecule has 0 saturated heterocycles. The highest BCUT2D eigenvalue weighted by Crippen LogP contribution is 2.48. The van der Waals surface area contributed by atoms with Crippen LogP contribution >= 0.6 is 23.5 Å². The second-order valence-corrected chi connectivity index (χ2v) is 9.02. The van der Waals surface area contributed by atoms with Gasteiger partial charge in [-0.1, -0.05) is 48.5 Å². The van der Waals surface area contributed by atoms with Crippen molar-refractivity contribution in [1.29, 1.82) is 0 Å². The van der Waals surface area contributed by atoms with E-state index in [0.29, 0.717) is 17.2 Å². The molecule has 0 aliphatic rings. The number of benzene rings is 3. The minimum Gasteiger partial charge on any atom is -0.493 e. The van der Waals surface area contributed by atoms with Crippen LogP contribution in [-0.2, 0) is 6.42 Å². The highest BCUT2D eigenvalue weighted by atomic mass is 32.2. The molecule has 3 aromatic carbocycles. The molecule has 0 spiro atoms. The van der Waals surface area contributed by atoms with Gasteiger partial charge >= 0.3 is 0 Å². The summed E-state index contributed by atoms with van der Waals surface area (Å²) in [7, 11) is 4.94. The van der Waals surface area contributed by atoms with E-state index in [0.717, 1.165) is 17.7 Å². The van der Waals surface area contributed by atoms with Gasteiger partial charge in [-0.05, 0) is 47.6 Å². The zero-order valence-electron chi connectivity index (χ0n) is 17.0. The van der Waals surface area contributed by atoms with Gasteiger partial charge in [0.25, 0.3) is 0 Å². The third kappa shape index (κ3) is 5.87. The monoisotopic (exact) mass is 426 g/mol. The van der Waals surface area contributed by atoms with Crippen LogP contribution in [0.4, 0.5) is 0 Å². The van der Waals surface area contributed by atoms with E-state index >= 15 is 0 Å². The van der Waals surface area contributed by atoms with E-state index in [2.05, 4.69) is 66.7 Å². The van der Waals surface area contributed by atoms with Crippen molar-refractivity contribution in [3.8, 4) is 17.2 Å². The van der Waals surface area contributed by atoms with Crippen LogP contribution in [0, 0.1) is 0 Å². The Morgan fingerprint density at radius 3 is 1.90 bits per heavy atom. The van der Waals surface area contributed by atoms with Crippen LogP contribution in [0.2, 0.25) is 0 Å². The zero-order chi connectivity index (χ0) is 20.5. The molecule has 0 amide bonds. The number of hydrogen-bond acceptors (Lipinski definition) is 5. The van der Waals surface area contributed by atoms with Crippen molar-refractivity contribution in [2.24, 2.45) is 0 Å². The molecule has 0 heterocycles. The molecule has 1 atom stereocenters. The van der Waals surface area contributed by atoms with Gasteiger partial charge in [0.05, 0.1) is 25.9 Å². The number of thioether (sulfide) groups is 2. The molecule has 0 aliphatic heterocycles. The van der Waals surface area contributed by atoms with Gasteiger partial charge in [0.2, 0.25) is 5.75 Å². The molecule has 0 aromatic heterocycles. The molecule has 0 aliphatic carbocycles. The first-order valence-electron chi connectivity index (χ1n) is 9.42. The fourth-order valence-corrected chi connectivity index (χ4v) is 5.61. The molecule has 3 rings (SSSR count). The Hall–Kier alpha value is -2.24. The summed E-state index contributed by atoms with van der Waals surface area (Å²) in [6.07, 6.45) is 1.03. The van der Waals surface area contributed by atoms with Gasteiger partial charge in [-0.15, -0.1) is 23.5 Å². The molecule has 1 unspecified atom stereocenters. The summed E-state index contributed by atoms with van der Waals surface area (Å²) >= 11 is 3.77. The van der Waals surface area contributed by atoms with Crippen LogP contribution < -0.4 is 14.2 Å². The van der Waals surface area contributed by atoms with Crippen LogP contribution in [0.3, 0.4) is 0 Å². The number of aryl methyl sites for hydroxylation is 1. The molecular weight excluding hydrogens is 400 g/mol. The normalized spacial score (nSPS) is 11.7. The minimum atomic E-state index is 0.204. The molecule has 152 valence electrons. The average Bonchev–Trinajstić information content (AvgIpc) is 2.78. The van der Waals surface area contributed by atoms with Crippen LogP contribution in [-0.4, -0.2) is 27.1 Å². The quantitative estimate of drug-likeness (QED) is 0.273. The summed E-state index contributed by atoms with van der Waals surface area (Å²) in [6.45, 7) is 0. The first kappa shape index (κ1) is 21.5. The molecule has 29 heavy (non-hydrogen) atoms. The molecule has 5 heteroatoms. The van der Waals surface area contributed by atoms with Gasteiger partial charge in [0.1, 0.15) is 0 Å². The standard InChI is InChI=1S/C24H26O3S2/c1-25-21-16-19(17-22(26-2)23(21)27-3)24(29-20-12-8-5-9-13-20)28-15-14-18-10-6-4-7-11-18/h4-13,16-17,24H,14-15H2,1-3H3. The Bertz CT molecular complexity index is 860. The van der Waals surface area contributed by atoms with E-state index in [1.165, 1.54) is 10.5 Å². The first-order chi connectivity index (χ1) is 14.2. The Labute approximate surface area is 181 Å². The second-order valence-electron chi connectivity index (χ2n) is 6.33. The topological polar surface area (TPSA) is 27.7 Å². The van der Waals surface area contributed by atoms with Gasteiger partial charge in [-0.3, -0.25) is 0 Å². The number of rotatable bonds is 10. The van der Waals surface area contributed by atoms with Crippen molar-refractivity contribution in [1.82, 2.24) is 0 Å². The SMILES string of the molecule is COc1cc(C(SCCc2ccccc2)Sc2ccccc2)cc(OC)c1OC. The third-order valence-electron chi connectivity index (χ3n) is 4.45. The van der Waals surface area contributed by atoms with E-state index in [1.807, 2.05) is 29.6 Å². The maximum absolute atomic E-state index is 5.57. The lowest BCUT2D eigenvalue weighted by molar-refractivity contribution is 0.324. The summed E-state index contributed by atoms with van der Waals surface area (Å²) in [4.78, 5) is 1.23. The summed E-state index contributed by atoms with van der Waals surface area (Å²) < 4.78 is 16.8. The average molecular weight is 427 g/mol. The van der Waals surface area contributed by atoms with E-state index in [1.54, 1.807) is 21.3 Å². The smallest absolute Gasteiger partial charge is 0.203 e. The van der Waals surface area contributed by atoms with Gasteiger partial charge in [-0.25, -0.2) is 0 Å². The third-order valence-corrected chi connectivity index (χ3v) is 7.19.